The summed E-state index contributed by atoms with van der Waals surface area (Å²) in [4.78, 5) is 15.8. The zero-order chi connectivity index (χ0) is 23.4. The van der Waals surface area contributed by atoms with Crippen molar-refractivity contribution in [2.45, 2.75) is 19.5 Å². The molecule has 3 heterocycles. The maximum absolute atomic E-state index is 13.8. The van der Waals surface area contributed by atoms with Crippen molar-refractivity contribution >= 4 is 11.0 Å². The van der Waals surface area contributed by atoms with Gasteiger partial charge in [0.2, 0.25) is 0 Å². The molecule has 7 nitrogen and oxygen atoms in total. The summed E-state index contributed by atoms with van der Waals surface area (Å²) in [5.74, 6) is -0.204. The second kappa shape index (κ2) is 9.77. The lowest BCUT2D eigenvalue weighted by Crippen LogP contribution is -2.46. The van der Waals surface area contributed by atoms with E-state index in [2.05, 4.69) is 31.7 Å². The second-order valence-electron chi connectivity index (χ2n) is 7.95. The lowest BCUT2D eigenvalue weighted by Gasteiger charge is -2.33. The van der Waals surface area contributed by atoms with Crippen LogP contribution in [0.5, 0.6) is 5.75 Å². The van der Waals surface area contributed by atoms with E-state index in [0.29, 0.717) is 17.5 Å². The Kier molecular flexibility index (Phi) is 6.81. The highest BCUT2D eigenvalue weighted by Crippen LogP contribution is 2.39. The molecule has 0 unspecified atom stereocenters. The molecule has 1 saturated heterocycles. The Labute approximate surface area is 189 Å². The van der Waals surface area contributed by atoms with Gasteiger partial charge in [0, 0.05) is 38.3 Å². The number of alkyl halides is 3. The molecule has 4 rings (SSSR count). The number of halogens is 3. The van der Waals surface area contributed by atoms with Crippen LogP contribution in [0.4, 0.5) is 13.2 Å². The summed E-state index contributed by atoms with van der Waals surface area (Å²) in [5, 5.41) is 9.32. The molecule has 0 spiro atoms. The van der Waals surface area contributed by atoms with Gasteiger partial charge in [-0.25, -0.2) is 9.97 Å². The van der Waals surface area contributed by atoms with Crippen molar-refractivity contribution in [2.75, 3.05) is 45.9 Å². The van der Waals surface area contributed by atoms with Gasteiger partial charge in [0.15, 0.2) is 5.69 Å². The predicted molar refractivity (Wildman–Crippen MR) is 118 cm³/mol. The maximum Gasteiger partial charge on any atom is 0.419 e. The van der Waals surface area contributed by atoms with E-state index >= 15 is 0 Å². The summed E-state index contributed by atoms with van der Waals surface area (Å²) < 4.78 is 46.9. The van der Waals surface area contributed by atoms with Crippen LogP contribution in [-0.4, -0.2) is 70.6 Å². The molecule has 10 heteroatoms. The molecular formula is C23H25F3N6O. The largest absolute Gasteiger partial charge is 0.493 e. The number of fused-ring (bicyclic) bond motifs is 1. The number of nitrogens with one attached hydrogen (secondary N) is 1. The third kappa shape index (κ3) is 5.26. The van der Waals surface area contributed by atoms with Gasteiger partial charge >= 0.3 is 6.18 Å². The number of benzene rings is 1. The summed E-state index contributed by atoms with van der Waals surface area (Å²) in [6, 6.07) is 7.39. The Morgan fingerprint density at radius 1 is 1.15 bits per heavy atom. The minimum atomic E-state index is -4.59. The van der Waals surface area contributed by atoms with E-state index in [1.54, 1.807) is 6.07 Å². The third-order valence-corrected chi connectivity index (χ3v) is 5.88. The minimum Gasteiger partial charge on any atom is -0.493 e. The van der Waals surface area contributed by atoms with Crippen LogP contribution in [0.15, 0.2) is 30.6 Å². The summed E-state index contributed by atoms with van der Waals surface area (Å²) in [6.07, 6.45) is -2.52. The Bertz CT molecular complexity index is 1150. The average Bonchev–Trinajstić information content (AvgIpc) is 3.30. The molecule has 1 N–H and O–H groups in total. The molecule has 2 aromatic heterocycles. The molecule has 1 aliphatic heterocycles. The molecule has 1 fully saturated rings. The predicted octanol–water partition coefficient (Wildman–Crippen LogP) is 3.92. The van der Waals surface area contributed by atoms with Crippen molar-refractivity contribution < 1.29 is 17.9 Å². The van der Waals surface area contributed by atoms with E-state index in [-0.39, 0.29) is 29.3 Å². The zero-order valence-corrected chi connectivity index (χ0v) is 18.3. The number of pyridine rings is 1. The molecule has 1 aromatic carbocycles. The number of aromatic nitrogens is 3. The van der Waals surface area contributed by atoms with Gasteiger partial charge in [0.1, 0.15) is 17.3 Å². The summed E-state index contributed by atoms with van der Waals surface area (Å²) in [7, 11) is 0. The number of imidazole rings is 1. The van der Waals surface area contributed by atoms with Crippen LogP contribution < -0.4 is 4.74 Å². The van der Waals surface area contributed by atoms with Crippen LogP contribution >= 0.6 is 0 Å². The van der Waals surface area contributed by atoms with Crippen LogP contribution in [0.1, 0.15) is 24.6 Å². The third-order valence-electron chi connectivity index (χ3n) is 5.88. The topological polar surface area (TPSA) is 81.1 Å². The normalized spacial score (nSPS) is 15.6. The molecule has 3 aromatic rings. The van der Waals surface area contributed by atoms with Crippen molar-refractivity contribution in [1.82, 2.24) is 24.8 Å². The zero-order valence-electron chi connectivity index (χ0n) is 18.3. The van der Waals surface area contributed by atoms with Gasteiger partial charge in [-0.15, -0.1) is 0 Å². The van der Waals surface area contributed by atoms with Crippen molar-refractivity contribution in [3.63, 3.8) is 0 Å². The highest BCUT2D eigenvalue weighted by molar-refractivity contribution is 5.83. The number of hydrogen-bond donors (Lipinski definition) is 1. The number of aromatic amines is 1. The molecule has 0 saturated carbocycles. The lowest BCUT2D eigenvalue weighted by molar-refractivity contribution is -0.138. The molecular weight excluding hydrogens is 433 g/mol. The first-order chi connectivity index (χ1) is 15.9. The highest BCUT2D eigenvalue weighted by atomic mass is 19.4. The van der Waals surface area contributed by atoms with E-state index in [0.717, 1.165) is 45.3 Å². The van der Waals surface area contributed by atoms with E-state index in [9.17, 15) is 18.4 Å². The van der Waals surface area contributed by atoms with Crippen molar-refractivity contribution in [3.05, 3.63) is 41.9 Å². The van der Waals surface area contributed by atoms with Crippen LogP contribution in [-0.2, 0) is 6.18 Å². The van der Waals surface area contributed by atoms with Crippen molar-refractivity contribution in [3.8, 4) is 23.1 Å². The quantitative estimate of drug-likeness (QED) is 0.541. The number of rotatable bonds is 7. The Morgan fingerprint density at radius 2 is 1.91 bits per heavy atom. The van der Waals surface area contributed by atoms with E-state index in [4.69, 9.17) is 4.74 Å². The number of nitriles is 1. The van der Waals surface area contributed by atoms with Gasteiger partial charge in [-0.05, 0) is 37.2 Å². The van der Waals surface area contributed by atoms with E-state index in [1.807, 2.05) is 6.07 Å². The molecule has 1 aliphatic rings. The van der Waals surface area contributed by atoms with E-state index in [1.165, 1.54) is 18.5 Å². The van der Waals surface area contributed by atoms with Crippen molar-refractivity contribution in [1.29, 1.82) is 5.26 Å². The maximum atomic E-state index is 13.8. The summed E-state index contributed by atoms with van der Waals surface area (Å²) in [5.41, 5.74) is 0.612. The average molecular weight is 458 g/mol. The molecule has 174 valence electrons. The number of piperazine rings is 1. The van der Waals surface area contributed by atoms with Crippen LogP contribution in [0.25, 0.3) is 22.3 Å². The Hall–Kier alpha value is -3.16. The summed E-state index contributed by atoms with van der Waals surface area (Å²) in [6.45, 7) is 8.14. The van der Waals surface area contributed by atoms with E-state index < -0.39 is 11.7 Å². The fraction of sp³-hybridized carbons (Fsp3) is 0.435. The van der Waals surface area contributed by atoms with Crippen molar-refractivity contribution in [2.24, 2.45) is 0 Å². The van der Waals surface area contributed by atoms with Gasteiger partial charge in [-0.2, -0.15) is 18.4 Å². The minimum absolute atomic E-state index is 0.0532. The van der Waals surface area contributed by atoms with Crippen LogP contribution in [0.2, 0.25) is 0 Å². The van der Waals surface area contributed by atoms with Gasteiger partial charge in [-0.1, -0.05) is 6.92 Å². The SMILES string of the molecule is CCN1CCN(CCCOc2ccc(-c3cc4[nH]cnc4c(C#N)n3)cc2C(F)(F)F)CC1. The molecule has 0 radical (unpaired) electrons. The number of ether oxygens (including phenoxy) is 1. The fourth-order valence-electron chi connectivity index (χ4n) is 4.01. The van der Waals surface area contributed by atoms with Gasteiger partial charge in [-0.3, -0.25) is 0 Å². The smallest absolute Gasteiger partial charge is 0.419 e. The second-order valence-corrected chi connectivity index (χ2v) is 7.95. The molecule has 0 amide bonds. The first-order valence-corrected chi connectivity index (χ1v) is 10.9. The lowest BCUT2D eigenvalue weighted by atomic mass is 10.1. The fourth-order valence-corrected chi connectivity index (χ4v) is 4.01. The summed E-state index contributed by atoms with van der Waals surface area (Å²) >= 11 is 0. The molecule has 0 atom stereocenters. The Morgan fingerprint density at radius 3 is 2.61 bits per heavy atom. The van der Waals surface area contributed by atoms with Gasteiger partial charge < -0.3 is 19.5 Å². The van der Waals surface area contributed by atoms with Crippen LogP contribution in [0.3, 0.4) is 0 Å². The molecule has 0 aliphatic carbocycles. The number of likely N-dealkylation sites (N-methyl/N-ethyl adjacent to an activating group) is 1. The number of hydrogen-bond acceptors (Lipinski definition) is 6. The standard InChI is InChI=1S/C23H25F3N6O/c1-2-31-7-9-32(10-8-31)6-3-11-33-21-5-4-16(12-17(21)23(24,25)26)18-13-19-22(29-15-28-19)20(14-27)30-18/h4-5,12-13,15H,2-3,6-11H2,1H3,(H,28,29). The first-order valence-electron chi connectivity index (χ1n) is 10.9. The van der Waals surface area contributed by atoms with Crippen LogP contribution in [0, 0.1) is 11.3 Å². The van der Waals surface area contributed by atoms with Gasteiger partial charge in [0.05, 0.1) is 29.7 Å². The Balaban J connectivity index is 1.47. The number of nitrogens with zero attached hydrogens (tertiary/aromatic N) is 5. The molecule has 0 bridgehead atoms. The molecule has 33 heavy (non-hydrogen) atoms. The monoisotopic (exact) mass is 458 g/mol. The number of H-pyrrole nitrogens is 1. The first kappa shape index (κ1) is 23.0. The van der Waals surface area contributed by atoms with Gasteiger partial charge in [0.25, 0.3) is 0 Å². The highest BCUT2D eigenvalue weighted by Gasteiger charge is 2.35.